The lowest BCUT2D eigenvalue weighted by Crippen LogP contribution is -2.31. The van der Waals surface area contributed by atoms with Crippen LogP contribution in [-0.2, 0) is 21.4 Å². The number of nitrogens with zero attached hydrogens (tertiary/aromatic N) is 1. The quantitative estimate of drug-likeness (QED) is 0.264. The molecular weight excluding hydrogens is 512 g/mol. The van der Waals surface area contributed by atoms with Gasteiger partial charge in [-0.15, -0.1) is 0 Å². The summed E-state index contributed by atoms with van der Waals surface area (Å²) < 4.78 is 39.5. The number of anilines is 1. The second-order valence-corrected chi connectivity index (χ2v) is 11.0. The Morgan fingerprint density at radius 3 is 2.08 bits per heavy atom. The van der Waals surface area contributed by atoms with Gasteiger partial charge in [0.05, 0.1) is 30.3 Å². The van der Waals surface area contributed by atoms with Gasteiger partial charge < -0.3 is 14.8 Å². The zero-order valence-corrected chi connectivity index (χ0v) is 23.0. The zero-order chi connectivity index (χ0) is 27.8. The summed E-state index contributed by atoms with van der Waals surface area (Å²) >= 11 is 0. The molecule has 4 aromatic rings. The molecule has 0 aliphatic rings. The highest BCUT2D eigenvalue weighted by atomic mass is 32.2. The lowest BCUT2D eigenvalue weighted by atomic mass is 10.1. The monoisotopic (exact) mass is 544 g/mol. The first-order valence-corrected chi connectivity index (χ1v) is 14.0. The van der Waals surface area contributed by atoms with E-state index < -0.39 is 10.0 Å². The van der Waals surface area contributed by atoms with Gasteiger partial charge in [0.1, 0.15) is 11.5 Å². The fraction of sp³-hybridized carbons (Fsp3) is 0.194. The Labute approximate surface area is 230 Å². The van der Waals surface area contributed by atoms with Crippen LogP contribution in [-0.4, -0.2) is 28.0 Å². The Morgan fingerprint density at radius 1 is 0.846 bits per heavy atom. The second kappa shape index (κ2) is 12.5. The highest BCUT2D eigenvalue weighted by molar-refractivity contribution is 7.92. The summed E-state index contributed by atoms with van der Waals surface area (Å²) in [4.78, 5) is 12.7. The number of hydrogen-bond donors (Lipinski definition) is 1. The van der Waals surface area contributed by atoms with Crippen LogP contribution in [0, 0.1) is 6.92 Å². The Morgan fingerprint density at radius 2 is 1.46 bits per heavy atom. The second-order valence-electron chi connectivity index (χ2n) is 9.16. The maximum atomic E-state index is 13.6. The molecule has 202 valence electrons. The molecule has 0 aliphatic heterocycles. The average Bonchev–Trinajstić information content (AvgIpc) is 2.96. The van der Waals surface area contributed by atoms with Crippen LogP contribution in [0.25, 0.3) is 0 Å². The number of nitrogens with one attached hydrogen (secondary N) is 1. The molecule has 0 saturated carbocycles. The van der Waals surface area contributed by atoms with Crippen molar-refractivity contribution in [3.63, 3.8) is 0 Å². The van der Waals surface area contributed by atoms with Crippen LogP contribution in [0.2, 0.25) is 0 Å². The topological polar surface area (TPSA) is 84.9 Å². The fourth-order valence-electron chi connectivity index (χ4n) is 4.02. The Balaban J connectivity index is 1.45. The van der Waals surface area contributed by atoms with Crippen molar-refractivity contribution in [2.45, 2.75) is 31.3 Å². The molecule has 4 rings (SSSR count). The van der Waals surface area contributed by atoms with Gasteiger partial charge in [-0.2, -0.15) is 0 Å². The average molecular weight is 545 g/mol. The number of amides is 1. The fourth-order valence-corrected chi connectivity index (χ4v) is 5.47. The molecule has 39 heavy (non-hydrogen) atoms. The summed E-state index contributed by atoms with van der Waals surface area (Å²) in [6.45, 7) is 3.80. The zero-order valence-electron chi connectivity index (χ0n) is 22.2. The van der Waals surface area contributed by atoms with E-state index in [2.05, 4.69) is 5.32 Å². The number of sulfonamides is 1. The standard InChI is InChI=1S/C31H32N2O5S/c1-23-9-19-30(20-10-23)39(35,36)33(21-25-7-5-4-6-8-25)27-13-17-29(18-14-27)38-22-31(34)32-24(2)26-11-15-28(37-3)16-12-26/h4-20,24H,21-22H2,1-3H3,(H,32,34)/t24-/m1/s1. The van der Waals surface area contributed by atoms with Crippen molar-refractivity contribution < 1.29 is 22.7 Å². The lowest BCUT2D eigenvalue weighted by molar-refractivity contribution is -0.123. The summed E-state index contributed by atoms with van der Waals surface area (Å²) in [6, 6.07) is 30.2. The molecule has 0 saturated heterocycles. The van der Waals surface area contributed by atoms with Crippen molar-refractivity contribution >= 4 is 21.6 Å². The van der Waals surface area contributed by atoms with Gasteiger partial charge in [-0.1, -0.05) is 60.2 Å². The van der Waals surface area contributed by atoms with Crippen LogP contribution in [0.3, 0.4) is 0 Å². The largest absolute Gasteiger partial charge is 0.497 e. The first kappa shape index (κ1) is 27.7. The Bertz CT molecular complexity index is 1470. The number of aryl methyl sites for hydroxylation is 1. The number of benzene rings is 4. The van der Waals surface area contributed by atoms with Crippen molar-refractivity contribution in [3.05, 3.63) is 120 Å². The molecule has 0 heterocycles. The number of methoxy groups -OCH3 is 1. The van der Waals surface area contributed by atoms with E-state index in [4.69, 9.17) is 9.47 Å². The van der Waals surface area contributed by atoms with E-state index in [0.717, 1.165) is 22.4 Å². The number of carbonyl (C=O) groups excluding carboxylic acids is 1. The van der Waals surface area contributed by atoms with Gasteiger partial charge >= 0.3 is 0 Å². The summed E-state index contributed by atoms with van der Waals surface area (Å²) in [6.07, 6.45) is 0. The molecule has 0 fully saturated rings. The van der Waals surface area contributed by atoms with Crippen molar-refractivity contribution in [3.8, 4) is 11.5 Å². The molecule has 0 aromatic heterocycles. The van der Waals surface area contributed by atoms with E-state index in [9.17, 15) is 13.2 Å². The van der Waals surface area contributed by atoms with E-state index >= 15 is 0 Å². The molecule has 1 amide bonds. The van der Waals surface area contributed by atoms with Gasteiger partial charge in [0.25, 0.3) is 15.9 Å². The van der Waals surface area contributed by atoms with Crippen LogP contribution >= 0.6 is 0 Å². The van der Waals surface area contributed by atoms with Crippen LogP contribution in [0.15, 0.2) is 108 Å². The molecule has 0 bridgehead atoms. The third-order valence-corrected chi connectivity index (χ3v) is 8.05. The minimum Gasteiger partial charge on any atom is -0.497 e. The predicted octanol–water partition coefficient (Wildman–Crippen LogP) is 5.66. The SMILES string of the molecule is COc1ccc([C@@H](C)NC(=O)COc2ccc(N(Cc3ccccc3)S(=O)(=O)c3ccc(C)cc3)cc2)cc1. The van der Waals surface area contributed by atoms with Crippen LogP contribution < -0.4 is 19.1 Å². The molecule has 1 N–H and O–H groups in total. The summed E-state index contributed by atoms with van der Waals surface area (Å²) in [5.41, 5.74) is 3.27. The minimum atomic E-state index is -3.83. The minimum absolute atomic E-state index is 0.170. The summed E-state index contributed by atoms with van der Waals surface area (Å²) in [7, 11) is -2.23. The first-order chi connectivity index (χ1) is 18.8. The van der Waals surface area contributed by atoms with Crippen molar-refractivity contribution in [1.82, 2.24) is 5.32 Å². The molecular formula is C31H32N2O5S. The number of carbonyl (C=O) groups is 1. The van der Waals surface area contributed by atoms with E-state index in [0.29, 0.717) is 11.4 Å². The van der Waals surface area contributed by atoms with E-state index in [-0.39, 0.29) is 30.0 Å². The highest BCUT2D eigenvalue weighted by Gasteiger charge is 2.25. The summed E-state index contributed by atoms with van der Waals surface area (Å²) in [5, 5.41) is 2.91. The van der Waals surface area contributed by atoms with Crippen molar-refractivity contribution in [2.75, 3.05) is 18.0 Å². The number of ether oxygens (including phenoxy) is 2. The molecule has 7 nitrogen and oxygen atoms in total. The highest BCUT2D eigenvalue weighted by Crippen LogP contribution is 2.28. The number of rotatable bonds is 11. The Kier molecular flexibility index (Phi) is 8.88. The van der Waals surface area contributed by atoms with Crippen molar-refractivity contribution in [2.24, 2.45) is 0 Å². The van der Waals surface area contributed by atoms with Crippen LogP contribution in [0.4, 0.5) is 5.69 Å². The van der Waals surface area contributed by atoms with Gasteiger partial charge in [0.2, 0.25) is 0 Å². The predicted molar refractivity (Wildman–Crippen MR) is 152 cm³/mol. The third-order valence-electron chi connectivity index (χ3n) is 6.27. The molecule has 8 heteroatoms. The molecule has 0 spiro atoms. The smallest absolute Gasteiger partial charge is 0.264 e. The first-order valence-electron chi connectivity index (χ1n) is 12.6. The Hall–Kier alpha value is -4.30. The van der Waals surface area contributed by atoms with Crippen LogP contribution in [0.5, 0.6) is 11.5 Å². The molecule has 0 aliphatic carbocycles. The van der Waals surface area contributed by atoms with Gasteiger partial charge in [-0.05, 0) is 73.5 Å². The van der Waals surface area contributed by atoms with E-state index in [1.807, 2.05) is 68.4 Å². The molecule has 4 aromatic carbocycles. The summed E-state index contributed by atoms with van der Waals surface area (Å²) in [5.74, 6) is 0.937. The molecule has 0 radical (unpaired) electrons. The molecule has 0 unspecified atom stereocenters. The van der Waals surface area contributed by atoms with Gasteiger partial charge in [-0.25, -0.2) is 8.42 Å². The van der Waals surface area contributed by atoms with E-state index in [1.165, 1.54) is 4.31 Å². The van der Waals surface area contributed by atoms with E-state index in [1.54, 1.807) is 55.6 Å². The lowest BCUT2D eigenvalue weighted by Gasteiger charge is -2.25. The van der Waals surface area contributed by atoms with Crippen molar-refractivity contribution in [1.29, 1.82) is 0 Å². The van der Waals surface area contributed by atoms with Gasteiger partial charge in [0, 0.05) is 0 Å². The normalized spacial score (nSPS) is 11.9. The maximum Gasteiger partial charge on any atom is 0.264 e. The van der Waals surface area contributed by atoms with Gasteiger partial charge in [-0.3, -0.25) is 9.10 Å². The van der Waals surface area contributed by atoms with Crippen LogP contribution in [0.1, 0.15) is 29.7 Å². The maximum absolute atomic E-state index is 13.6. The molecule has 1 atom stereocenters. The third kappa shape index (κ3) is 7.18. The number of hydrogen-bond acceptors (Lipinski definition) is 5. The van der Waals surface area contributed by atoms with Gasteiger partial charge in [0.15, 0.2) is 6.61 Å².